The van der Waals surface area contributed by atoms with Crippen molar-refractivity contribution in [1.29, 1.82) is 0 Å². The van der Waals surface area contributed by atoms with Crippen molar-refractivity contribution in [3.05, 3.63) is 57.6 Å². The number of para-hydroxylation sites is 1. The summed E-state index contributed by atoms with van der Waals surface area (Å²) in [5, 5.41) is 10.5. The zero-order chi connectivity index (χ0) is 14.5. The summed E-state index contributed by atoms with van der Waals surface area (Å²) in [5.74, 6) is 1.09. The predicted octanol–water partition coefficient (Wildman–Crippen LogP) is 4.07. The van der Waals surface area contributed by atoms with Gasteiger partial charge in [-0.25, -0.2) is 0 Å². The van der Waals surface area contributed by atoms with E-state index in [1.165, 1.54) is 0 Å². The highest BCUT2D eigenvalue weighted by molar-refractivity contribution is 6.35. The van der Waals surface area contributed by atoms with E-state index in [4.69, 9.17) is 32.7 Å². The van der Waals surface area contributed by atoms with Crippen LogP contribution in [0.5, 0.6) is 11.5 Å². The Kier molecular flexibility index (Phi) is 5.12. The number of aliphatic hydroxyl groups is 1. The molecule has 0 saturated carbocycles. The van der Waals surface area contributed by atoms with Crippen molar-refractivity contribution in [2.75, 3.05) is 7.11 Å². The molecule has 0 aliphatic rings. The summed E-state index contributed by atoms with van der Waals surface area (Å²) < 4.78 is 11.0. The molecule has 0 fully saturated rings. The summed E-state index contributed by atoms with van der Waals surface area (Å²) in [6.07, 6.45) is 0. The zero-order valence-corrected chi connectivity index (χ0v) is 12.4. The van der Waals surface area contributed by atoms with E-state index in [2.05, 4.69) is 0 Å². The van der Waals surface area contributed by atoms with Crippen molar-refractivity contribution in [3.63, 3.8) is 0 Å². The Bertz CT molecular complexity index is 577. The van der Waals surface area contributed by atoms with Crippen LogP contribution in [0.4, 0.5) is 0 Å². The Morgan fingerprint density at radius 3 is 2.55 bits per heavy atom. The van der Waals surface area contributed by atoms with Gasteiger partial charge in [-0.1, -0.05) is 41.4 Å². The van der Waals surface area contributed by atoms with E-state index in [1.807, 2.05) is 0 Å². The van der Waals surface area contributed by atoms with Crippen LogP contribution in [0.1, 0.15) is 11.1 Å². The van der Waals surface area contributed by atoms with Crippen LogP contribution in [-0.4, -0.2) is 12.2 Å². The molecule has 0 bridgehead atoms. The van der Waals surface area contributed by atoms with Crippen LogP contribution in [0.15, 0.2) is 36.4 Å². The van der Waals surface area contributed by atoms with E-state index in [0.717, 1.165) is 5.56 Å². The van der Waals surface area contributed by atoms with Crippen LogP contribution in [-0.2, 0) is 13.2 Å². The summed E-state index contributed by atoms with van der Waals surface area (Å²) in [4.78, 5) is 0. The summed E-state index contributed by atoms with van der Waals surface area (Å²) >= 11 is 11.9. The summed E-state index contributed by atoms with van der Waals surface area (Å²) in [7, 11) is 1.55. The van der Waals surface area contributed by atoms with Gasteiger partial charge in [0, 0.05) is 21.2 Å². The van der Waals surface area contributed by atoms with Crippen molar-refractivity contribution in [2.45, 2.75) is 13.2 Å². The summed E-state index contributed by atoms with van der Waals surface area (Å²) in [6, 6.07) is 10.6. The topological polar surface area (TPSA) is 38.7 Å². The van der Waals surface area contributed by atoms with Gasteiger partial charge in [0.15, 0.2) is 11.5 Å². The SMILES string of the molecule is COc1cccc(CO)c1OCc1ccc(Cl)cc1Cl. The minimum Gasteiger partial charge on any atom is -0.493 e. The first-order valence-corrected chi connectivity index (χ1v) is 6.74. The minimum absolute atomic E-state index is 0.124. The molecular formula is C15H14Cl2O3. The van der Waals surface area contributed by atoms with E-state index in [-0.39, 0.29) is 13.2 Å². The van der Waals surface area contributed by atoms with Gasteiger partial charge >= 0.3 is 0 Å². The first kappa shape index (κ1) is 15.0. The Balaban J connectivity index is 2.22. The number of halogens is 2. The monoisotopic (exact) mass is 312 g/mol. The number of methoxy groups -OCH3 is 1. The number of hydrogen-bond acceptors (Lipinski definition) is 3. The predicted molar refractivity (Wildman–Crippen MR) is 79.7 cm³/mol. The smallest absolute Gasteiger partial charge is 0.167 e. The average Bonchev–Trinajstić information content (AvgIpc) is 2.46. The second-order valence-corrected chi connectivity index (χ2v) is 4.97. The molecule has 2 rings (SSSR count). The standard InChI is InChI=1S/C15H14Cl2O3/c1-19-14-4-2-3-10(8-18)15(14)20-9-11-5-6-12(16)7-13(11)17/h2-7,18H,8-9H2,1H3. The number of aliphatic hydroxyl groups excluding tert-OH is 1. The summed E-state index contributed by atoms with van der Waals surface area (Å²) in [5.41, 5.74) is 1.47. The quantitative estimate of drug-likeness (QED) is 0.904. The average molecular weight is 313 g/mol. The third-order valence-corrected chi connectivity index (χ3v) is 3.42. The first-order chi connectivity index (χ1) is 9.65. The van der Waals surface area contributed by atoms with Crippen LogP contribution in [0.2, 0.25) is 10.0 Å². The molecule has 0 aromatic heterocycles. The number of ether oxygens (including phenoxy) is 2. The second kappa shape index (κ2) is 6.84. The molecule has 0 heterocycles. The molecule has 106 valence electrons. The molecule has 2 aromatic rings. The normalized spacial score (nSPS) is 10.4. The molecule has 0 saturated heterocycles. The van der Waals surface area contributed by atoms with Crippen molar-refractivity contribution < 1.29 is 14.6 Å². The van der Waals surface area contributed by atoms with Gasteiger partial charge in [0.25, 0.3) is 0 Å². The van der Waals surface area contributed by atoms with Gasteiger partial charge < -0.3 is 14.6 Å². The highest BCUT2D eigenvalue weighted by Gasteiger charge is 2.11. The molecule has 0 spiro atoms. The minimum atomic E-state index is -0.124. The Morgan fingerprint density at radius 2 is 1.90 bits per heavy atom. The van der Waals surface area contributed by atoms with E-state index in [9.17, 15) is 5.11 Å². The first-order valence-electron chi connectivity index (χ1n) is 5.99. The molecule has 0 unspecified atom stereocenters. The lowest BCUT2D eigenvalue weighted by Gasteiger charge is -2.14. The molecule has 5 heteroatoms. The summed E-state index contributed by atoms with van der Waals surface area (Å²) in [6.45, 7) is 0.143. The lowest BCUT2D eigenvalue weighted by Crippen LogP contribution is -2.01. The van der Waals surface area contributed by atoms with Gasteiger partial charge in [0.2, 0.25) is 0 Å². The lowest BCUT2D eigenvalue weighted by molar-refractivity contribution is 0.250. The van der Waals surface area contributed by atoms with Crippen LogP contribution < -0.4 is 9.47 Å². The molecule has 2 aromatic carbocycles. The Morgan fingerprint density at radius 1 is 1.10 bits per heavy atom. The zero-order valence-electron chi connectivity index (χ0n) is 10.9. The molecule has 0 aliphatic carbocycles. The van der Waals surface area contributed by atoms with Crippen molar-refractivity contribution in [3.8, 4) is 11.5 Å². The van der Waals surface area contributed by atoms with E-state index in [0.29, 0.717) is 27.1 Å². The molecule has 0 radical (unpaired) electrons. The van der Waals surface area contributed by atoms with Gasteiger partial charge in [-0.2, -0.15) is 0 Å². The molecule has 20 heavy (non-hydrogen) atoms. The fourth-order valence-electron chi connectivity index (χ4n) is 1.80. The van der Waals surface area contributed by atoms with E-state index in [1.54, 1.807) is 43.5 Å². The van der Waals surface area contributed by atoms with E-state index < -0.39 is 0 Å². The lowest BCUT2D eigenvalue weighted by atomic mass is 10.2. The fraction of sp³-hybridized carbons (Fsp3) is 0.200. The van der Waals surface area contributed by atoms with Gasteiger partial charge in [0.1, 0.15) is 6.61 Å². The molecule has 0 aliphatic heterocycles. The molecule has 0 atom stereocenters. The van der Waals surface area contributed by atoms with Crippen LogP contribution in [0.25, 0.3) is 0 Å². The molecular weight excluding hydrogens is 299 g/mol. The van der Waals surface area contributed by atoms with Crippen LogP contribution in [0.3, 0.4) is 0 Å². The van der Waals surface area contributed by atoms with Crippen LogP contribution >= 0.6 is 23.2 Å². The third-order valence-electron chi connectivity index (χ3n) is 2.84. The van der Waals surface area contributed by atoms with Crippen molar-refractivity contribution >= 4 is 23.2 Å². The highest BCUT2D eigenvalue weighted by atomic mass is 35.5. The number of rotatable bonds is 5. The Labute approximate surface area is 127 Å². The second-order valence-electron chi connectivity index (χ2n) is 4.13. The fourth-order valence-corrected chi connectivity index (χ4v) is 2.26. The van der Waals surface area contributed by atoms with Gasteiger partial charge in [-0.05, 0) is 18.2 Å². The number of hydrogen-bond donors (Lipinski definition) is 1. The third kappa shape index (κ3) is 3.37. The number of benzene rings is 2. The van der Waals surface area contributed by atoms with Crippen molar-refractivity contribution in [1.82, 2.24) is 0 Å². The van der Waals surface area contributed by atoms with E-state index >= 15 is 0 Å². The molecule has 0 amide bonds. The molecule has 1 N–H and O–H groups in total. The largest absolute Gasteiger partial charge is 0.493 e. The van der Waals surface area contributed by atoms with Gasteiger partial charge in [0.05, 0.1) is 13.7 Å². The van der Waals surface area contributed by atoms with Crippen molar-refractivity contribution in [2.24, 2.45) is 0 Å². The highest BCUT2D eigenvalue weighted by Crippen LogP contribution is 2.32. The maximum atomic E-state index is 9.35. The Hall–Kier alpha value is -1.42. The van der Waals surface area contributed by atoms with Gasteiger partial charge in [-0.15, -0.1) is 0 Å². The maximum absolute atomic E-state index is 9.35. The molecule has 3 nitrogen and oxygen atoms in total. The maximum Gasteiger partial charge on any atom is 0.167 e. The van der Waals surface area contributed by atoms with Crippen LogP contribution in [0, 0.1) is 0 Å². The van der Waals surface area contributed by atoms with Gasteiger partial charge in [-0.3, -0.25) is 0 Å².